The van der Waals surface area contributed by atoms with Crippen LogP contribution >= 0.6 is 0 Å². The molecule has 2 rings (SSSR count). The van der Waals surface area contributed by atoms with Gasteiger partial charge in [0.25, 0.3) is 0 Å². The number of amides is 2. The highest BCUT2D eigenvalue weighted by molar-refractivity contribution is 6.43. The van der Waals surface area contributed by atoms with Gasteiger partial charge in [-0.15, -0.1) is 0 Å². The predicted octanol–water partition coefficient (Wildman–Crippen LogP) is 0.781. The molecule has 0 saturated carbocycles. The first kappa shape index (κ1) is 13.5. The number of H-pyrrole nitrogens is 1. The number of aromatic amines is 1. The molecule has 0 aliphatic carbocycles. The summed E-state index contributed by atoms with van der Waals surface area (Å²) in [7, 11) is 0. The van der Waals surface area contributed by atoms with E-state index in [0.717, 1.165) is 0 Å². The summed E-state index contributed by atoms with van der Waals surface area (Å²) < 4.78 is 5.27. The molecule has 0 aliphatic heterocycles. The Morgan fingerprint density at radius 3 is 2.50 bits per heavy atom. The minimum absolute atomic E-state index is 0.108. The molecule has 0 unspecified atom stereocenters. The van der Waals surface area contributed by atoms with E-state index >= 15 is 0 Å². The number of nitrogens with one attached hydrogen (secondary N) is 3. The van der Waals surface area contributed by atoms with Gasteiger partial charge in [-0.05, 0) is 31.2 Å². The highest BCUT2D eigenvalue weighted by atomic mass is 16.5. The maximum atomic E-state index is 11.6. The van der Waals surface area contributed by atoms with E-state index in [9.17, 15) is 9.59 Å². The second kappa shape index (κ2) is 6.32. The maximum absolute atomic E-state index is 11.6. The first-order valence-corrected chi connectivity index (χ1v) is 5.89. The summed E-state index contributed by atoms with van der Waals surface area (Å²) in [5.74, 6) is -0.838. The van der Waals surface area contributed by atoms with Crippen LogP contribution in [-0.4, -0.2) is 33.6 Å². The third-order valence-electron chi connectivity index (χ3n) is 2.28. The van der Waals surface area contributed by atoms with Crippen LogP contribution < -0.4 is 15.4 Å². The Labute approximate surface area is 114 Å². The van der Waals surface area contributed by atoms with Gasteiger partial charge in [-0.2, -0.15) is 10.1 Å². The van der Waals surface area contributed by atoms with Crippen LogP contribution in [0.15, 0.2) is 30.6 Å². The lowest BCUT2D eigenvalue weighted by atomic mass is 10.3. The molecule has 20 heavy (non-hydrogen) atoms. The fraction of sp³-hybridized carbons (Fsp3) is 0.167. The molecule has 0 atom stereocenters. The zero-order valence-electron chi connectivity index (χ0n) is 10.7. The first-order chi connectivity index (χ1) is 9.69. The first-order valence-electron chi connectivity index (χ1n) is 5.89. The molecule has 8 nitrogen and oxygen atoms in total. The van der Waals surface area contributed by atoms with Gasteiger partial charge in [-0.25, -0.2) is 5.10 Å². The average Bonchev–Trinajstić information content (AvgIpc) is 2.94. The van der Waals surface area contributed by atoms with Crippen LogP contribution in [0.2, 0.25) is 0 Å². The Kier molecular flexibility index (Phi) is 4.28. The summed E-state index contributed by atoms with van der Waals surface area (Å²) in [4.78, 5) is 26.9. The number of nitrogens with zero attached hydrogens (tertiary/aromatic N) is 2. The van der Waals surface area contributed by atoms with Gasteiger partial charge in [0.2, 0.25) is 5.95 Å². The molecule has 0 fully saturated rings. The molecule has 1 aromatic heterocycles. The van der Waals surface area contributed by atoms with Crippen molar-refractivity contribution in [2.24, 2.45) is 0 Å². The van der Waals surface area contributed by atoms with Gasteiger partial charge in [0, 0.05) is 5.69 Å². The van der Waals surface area contributed by atoms with E-state index in [-0.39, 0.29) is 5.95 Å². The fourth-order valence-corrected chi connectivity index (χ4v) is 1.42. The smallest absolute Gasteiger partial charge is 0.316 e. The summed E-state index contributed by atoms with van der Waals surface area (Å²) in [5, 5.41) is 10.7. The number of carbonyl (C=O) groups is 2. The lowest BCUT2D eigenvalue weighted by Gasteiger charge is -2.06. The molecule has 0 aliphatic rings. The number of carbonyl (C=O) groups excluding carboxylic acids is 2. The lowest BCUT2D eigenvalue weighted by Crippen LogP contribution is -2.29. The molecule has 1 heterocycles. The van der Waals surface area contributed by atoms with Crippen LogP contribution in [0.1, 0.15) is 6.92 Å². The second-order valence-corrected chi connectivity index (χ2v) is 3.70. The lowest BCUT2D eigenvalue weighted by molar-refractivity contribution is -0.133. The van der Waals surface area contributed by atoms with E-state index in [1.54, 1.807) is 24.3 Å². The highest BCUT2D eigenvalue weighted by Crippen LogP contribution is 2.15. The molecule has 2 amide bonds. The van der Waals surface area contributed by atoms with Crippen molar-refractivity contribution in [2.75, 3.05) is 17.2 Å². The van der Waals surface area contributed by atoms with E-state index < -0.39 is 11.8 Å². The zero-order chi connectivity index (χ0) is 14.4. The third-order valence-corrected chi connectivity index (χ3v) is 2.28. The Hall–Kier alpha value is -2.90. The van der Waals surface area contributed by atoms with Gasteiger partial charge in [0.1, 0.15) is 12.1 Å². The van der Waals surface area contributed by atoms with Gasteiger partial charge in [0.05, 0.1) is 6.61 Å². The van der Waals surface area contributed by atoms with Crippen LogP contribution in [0.4, 0.5) is 11.6 Å². The summed E-state index contributed by atoms with van der Waals surface area (Å²) in [5.41, 5.74) is 0.492. The van der Waals surface area contributed by atoms with Crippen molar-refractivity contribution in [3.63, 3.8) is 0 Å². The van der Waals surface area contributed by atoms with Crippen molar-refractivity contribution >= 4 is 23.5 Å². The molecule has 0 spiro atoms. The second-order valence-electron chi connectivity index (χ2n) is 3.70. The number of benzene rings is 1. The molecular formula is C12H13N5O3. The predicted molar refractivity (Wildman–Crippen MR) is 71.3 cm³/mol. The summed E-state index contributed by atoms with van der Waals surface area (Å²) in [6.07, 6.45) is 1.22. The number of ether oxygens (including phenoxy) is 1. The number of hydrogen-bond acceptors (Lipinski definition) is 5. The van der Waals surface area contributed by atoms with Crippen molar-refractivity contribution in [3.8, 4) is 5.75 Å². The number of hydrogen-bond donors (Lipinski definition) is 3. The highest BCUT2D eigenvalue weighted by Gasteiger charge is 2.15. The van der Waals surface area contributed by atoms with Gasteiger partial charge >= 0.3 is 11.8 Å². The van der Waals surface area contributed by atoms with Crippen LogP contribution in [0.5, 0.6) is 5.75 Å². The van der Waals surface area contributed by atoms with Crippen molar-refractivity contribution in [3.05, 3.63) is 30.6 Å². The largest absolute Gasteiger partial charge is 0.494 e. The molecule has 2 aromatic rings. The van der Waals surface area contributed by atoms with E-state index in [4.69, 9.17) is 4.74 Å². The van der Waals surface area contributed by atoms with E-state index in [2.05, 4.69) is 25.8 Å². The molecule has 104 valence electrons. The van der Waals surface area contributed by atoms with Crippen LogP contribution in [-0.2, 0) is 9.59 Å². The maximum Gasteiger partial charge on any atom is 0.316 e. The van der Waals surface area contributed by atoms with Crippen molar-refractivity contribution < 1.29 is 14.3 Å². The monoisotopic (exact) mass is 275 g/mol. The van der Waals surface area contributed by atoms with Gasteiger partial charge < -0.3 is 10.1 Å². The fourth-order valence-electron chi connectivity index (χ4n) is 1.42. The molecule has 0 radical (unpaired) electrons. The van der Waals surface area contributed by atoms with Crippen LogP contribution in [0, 0.1) is 0 Å². The Morgan fingerprint density at radius 2 is 1.90 bits per heavy atom. The Bertz CT molecular complexity index is 580. The van der Waals surface area contributed by atoms with Crippen molar-refractivity contribution in [1.29, 1.82) is 0 Å². The van der Waals surface area contributed by atoms with E-state index in [1.807, 2.05) is 6.92 Å². The minimum Gasteiger partial charge on any atom is -0.494 e. The Balaban J connectivity index is 1.91. The van der Waals surface area contributed by atoms with Crippen molar-refractivity contribution in [2.45, 2.75) is 6.92 Å². The van der Waals surface area contributed by atoms with Gasteiger partial charge in [0.15, 0.2) is 0 Å². The molecule has 0 bridgehead atoms. The third kappa shape index (κ3) is 3.55. The van der Waals surface area contributed by atoms with Crippen LogP contribution in [0.25, 0.3) is 0 Å². The molecular weight excluding hydrogens is 262 g/mol. The molecule has 8 heteroatoms. The average molecular weight is 275 g/mol. The minimum atomic E-state index is -0.837. The van der Waals surface area contributed by atoms with Gasteiger partial charge in [-0.3, -0.25) is 14.9 Å². The van der Waals surface area contributed by atoms with E-state index in [1.165, 1.54) is 6.33 Å². The zero-order valence-corrected chi connectivity index (χ0v) is 10.7. The van der Waals surface area contributed by atoms with Crippen molar-refractivity contribution in [1.82, 2.24) is 15.2 Å². The molecule has 0 saturated heterocycles. The number of aromatic nitrogens is 3. The topological polar surface area (TPSA) is 109 Å². The number of rotatable bonds is 4. The normalized spacial score (nSPS) is 9.85. The molecule has 3 N–H and O–H groups in total. The summed E-state index contributed by atoms with van der Waals surface area (Å²) in [6.45, 7) is 2.44. The molecule has 1 aromatic carbocycles. The van der Waals surface area contributed by atoms with Gasteiger partial charge in [-0.1, -0.05) is 0 Å². The van der Waals surface area contributed by atoms with E-state index in [0.29, 0.717) is 18.0 Å². The summed E-state index contributed by atoms with van der Waals surface area (Å²) >= 11 is 0. The number of anilines is 2. The summed E-state index contributed by atoms with van der Waals surface area (Å²) in [6, 6.07) is 6.69. The Morgan fingerprint density at radius 1 is 1.20 bits per heavy atom. The SMILES string of the molecule is CCOc1ccc(NC(=O)C(=O)Nc2ncn[nH]2)cc1. The quantitative estimate of drug-likeness (QED) is 0.714. The van der Waals surface area contributed by atoms with Crippen LogP contribution in [0.3, 0.4) is 0 Å². The standard InChI is InChI=1S/C12H13N5O3/c1-2-20-9-5-3-8(4-6-9)15-10(18)11(19)16-12-13-7-14-17-12/h3-7H,2H2,1H3,(H,15,18)(H2,13,14,16,17,19).